The molecule has 0 spiro atoms. The second-order valence-electron chi connectivity index (χ2n) is 4.52. The van der Waals surface area contributed by atoms with Crippen molar-refractivity contribution in [3.63, 3.8) is 0 Å². The molecule has 2 aromatic heterocycles. The van der Waals surface area contributed by atoms with E-state index >= 15 is 0 Å². The van der Waals surface area contributed by atoms with E-state index in [-0.39, 0.29) is 5.66 Å². The molecular weight excluding hydrogens is 315 g/mol. The van der Waals surface area contributed by atoms with E-state index in [1.165, 1.54) is 0 Å². The number of fused-ring (bicyclic) bond motifs is 2. The summed E-state index contributed by atoms with van der Waals surface area (Å²) in [7, 11) is -1.53. The van der Waals surface area contributed by atoms with Gasteiger partial charge < -0.3 is 18.9 Å². The van der Waals surface area contributed by atoms with Crippen LogP contribution in [0.3, 0.4) is 0 Å². The van der Waals surface area contributed by atoms with Crippen LogP contribution in [0.15, 0.2) is 75.8 Å². The van der Waals surface area contributed by atoms with E-state index in [0.29, 0.717) is 5.58 Å². The van der Waals surface area contributed by atoms with Gasteiger partial charge in [-0.05, 0) is 24.3 Å². The number of hydrogen-bond donors (Lipinski definition) is 2. The second kappa shape index (κ2) is 11.1. The Morgan fingerprint density at radius 2 is 1.28 bits per heavy atom. The second-order valence-corrected chi connectivity index (χ2v) is 4.52. The lowest BCUT2D eigenvalue weighted by atomic mass is 9.88. The number of hydrogen-bond acceptors (Lipinski definition) is 4. The molecule has 0 saturated carbocycles. The van der Waals surface area contributed by atoms with Gasteiger partial charge in [0.25, 0.3) is 0 Å². The van der Waals surface area contributed by atoms with Gasteiger partial charge >= 0.3 is 7.12 Å². The fourth-order valence-corrected chi connectivity index (χ4v) is 2.04. The van der Waals surface area contributed by atoms with Crippen LogP contribution in [0.25, 0.3) is 21.9 Å². The molecule has 0 aliphatic carbocycles. The average molecular weight is 340 g/mol. The first-order valence-electron chi connectivity index (χ1n) is 8.51. The van der Waals surface area contributed by atoms with Gasteiger partial charge in [0, 0.05) is 10.8 Å². The van der Waals surface area contributed by atoms with Gasteiger partial charge in [0.1, 0.15) is 16.8 Å². The monoisotopic (exact) mass is 340 g/mol. The van der Waals surface area contributed by atoms with E-state index in [0.717, 1.165) is 16.4 Å². The van der Waals surface area contributed by atoms with E-state index in [4.69, 9.17) is 18.9 Å². The molecule has 5 heteroatoms. The lowest BCUT2D eigenvalue weighted by Gasteiger charge is -1.88. The van der Waals surface area contributed by atoms with Gasteiger partial charge in [0.15, 0.2) is 0 Å². The van der Waals surface area contributed by atoms with Gasteiger partial charge in [-0.15, -0.1) is 0 Å². The van der Waals surface area contributed by atoms with Gasteiger partial charge in [-0.2, -0.15) is 0 Å². The van der Waals surface area contributed by atoms with E-state index in [2.05, 4.69) is 0 Å². The number of para-hydroxylation sites is 2. The molecule has 0 atom stereocenters. The van der Waals surface area contributed by atoms with Crippen molar-refractivity contribution < 1.29 is 18.9 Å². The summed E-state index contributed by atoms with van der Waals surface area (Å²) in [5, 5.41) is 19.6. The Labute approximate surface area is 148 Å². The van der Waals surface area contributed by atoms with Crippen LogP contribution in [0.1, 0.15) is 27.7 Å². The standard InChI is InChI=1S/C8H7BO3.C8H6O.2C2H6/c10-9(11)8-5-6-3-1-2-4-7(6)12-8;1-2-4-8-7(3-1)5-6-9-8;2*1-2/h1-5,10-11H;1-6H;2*1-2H3. The zero-order chi connectivity index (χ0) is 18.7. The minimum atomic E-state index is -1.53. The summed E-state index contributed by atoms with van der Waals surface area (Å²) in [6.07, 6.45) is 1.70. The molecule has 132 valence electrons. The Morgan fingerprint density at radius 1 is 0.720 bits per heavy atom. The Kier molecular flexibility index (Phi) is 9.15. The third-order valence-corrected chi connectivity index (χ3v) is 3.06. The van der Waals surface area contributed by atoms with Crippen LogP contribution in [-0.4, -0.2) is 17.2 Å². The Balaban J connectivity index is 0.000000214. The predicted octanol–water partition coefficient (Wildman–Crippen LogP) is 4.60. The molecule has 0 radical (unpaired) electrons. The third-order valence-electron chi connectivity index (χ3n) is 3.06. The first kappa shape index (κ1) is 20.5. The van der Waals surface area contributed by atoms with Crippen molar-refractivity contribution in [2.75, 3.05) is 0 Å². The zero-order valence-electron chi connectivity index (χ0n) is 15.1. The number of rotatable bonds is 1. The highest BCUT2D eigenvalue weighted by Crippen LogP contribution is 2.13. The van der Waals surface area contributed by atoms with E-state index < -0.39 is 7.12 Å². The minimum Gasteiger partial charge on any atom is -0.465 e. The van der Waals surface area contributed by atoms with Crippen molar-refractivity contribution in [1.82, 2.24) is 0 Å². The van der Waals surface area contributed by atoms with Crippen LogP contribution >= 0.6 is 0 Å². The van der Waals surface area contributed by atoms with Gasteiger partial charge in [0.2, 0.25) is 0 Å². The maximum atomic E-state index is 8.79. The fourth-order valence-electron chi connectivity index (χ4n) is 2.04. The molecular formula is C20H25BO4. The molecule has 2 N–H and O–H groups in total. The molecule has 0 saturated heterocycles. The van der Waals surface area contributed by atoms with Crippen molar-refractivity contribution in [3.05, 3.63) is 66.9 Å². The summed E-state index contributed by atoms with van der Waals surface area (Å²) >= 11 is 0. The molecule has 0 aliphatic rings. The molecule has 0 bridgehead atoms. The molecule has 0 amide bonds. The molecule has 4 aromatic rings. The molecule has 25 heavy (non-hydrogen) atoms. The van der Waals surface area contributed by atoms with Gasteiger partial charge in [0.05, 0.1) is 6.26 Å². The fraction of sp³-hybridized carbons (Fsp3) is 0.200. The Bertz CT molecular complexity index is 786. The highest BCUT2D eigenvalue weighted by atomic mass is 16.4. The number of furan rings is 2. The SMILES string of the molecule is CC.CC.OB(O)c1cc2ccccc2o1.c1ccc2occc2c1. The lowest BCUT2D eigenvalue weighted by molar-refractivity contribution is 0.412. The lowest BCUT2D eigenvalue weighted by Crippen LogP contribution is -2.27. The van der Waals surface area contributed by atoms with E-state index in [1.807, 2.05) is 76.2 Å². The first-order chi connectivity index (χ1) is 12.2. The van der Waals surface area contributed by atoms with Crippen molar-refractivity contribution in [2.45, 2.75) is 27.7 Å². The largest absolute Gasteiger partial charge is 0.526 e. The molecule has 4 rings (SSSR count). The normalized spacial score (nSPS) is 9.20. The van der Waals surface area contributed by atoms with Crippen LogP contribution in [0.4, 0.5) is 0 Å². The summed E-state index contributed by atoms with van der Waals surface area (Å²) in [5.74, 6) is 0. The van der Waals surface area contributed by atoms with E-state index in [1.54, 1.807) is 18.4 Å². The summed E-state index contributed by atoms with van der Waals surface area (Å²) in [5.41, 5.74) is 1.80. The van der Waals surface area contributed by atoms with Crippen LogP contribution < -0.4 is 5.66 Å². The smallest absolute Gasteiger partial charge is 0.465 e. The predicted molar refractivity (Wildman–Crippen MR) is 105 cm³/mol. The van der Waals surface area contributed by atoms with Crippen LogP contribution in [0.2, 0.25) is 0 Å². The van der Waals surface area contributed by atoms with Gasteiger partial charge in [-0.25, -0.2) is 0 Å². The van der Waals surface area contributed by atoms with Crippen molar-refractivity contribution in [2.24, 2.45) is 0 Å². The summed E-state index contributed by atoms with van der Waals surface area (Å²) in [4.78, 5) is 0. The maximum absolute atomic E-state index is 8.79. The maximum Gasteiger partial charge on any atom is 0.526 e. The van der Waals surface area contributed by atoms with Crippen molar-refractivity contribution in [1.29, 1.82) is 0 Å². The zero-order valence-corrected chi connectivity index (χ0v) is 15.1. The Hall–Kier alpha value is -2.50. The molecule has 2 heterocycles. The van der Waals surface area contributed by atoms with E-state index in [9.17, 15) is 0 Å². The average Bonchev–Trinajstić information content (AvgIpc) is 3.32. The van der Waals surface area contributed by atoms with Crippen LogP contribution in [0, 0.1) is 0 Å². The van der Waals surface area contributed by atoms with Gasteiger partial charge in [-0.3, -0.25) is 0 Å². The summed E-state index contributed by atoms with van der Waals surface area (Å²) < 4.78 is 10.2. The molecule has 4 nitrogen and oxygen atoms in total. The molecule has 0 aliphatic heterocycles. The Morgan fingerprint density at radius 3 is 1.84 bits per heavy atom. The van der Waals surface area contributed by atoms with Crippen molar-refractivity contribution in [3.8, 4) is 0 Å². The summed E-state index contributed by atoms with van der Waals surface area (Å²) in [6, 6.07) is 18.8. The first-order valence-corrected chi connectivity index (χ1v) is 8.51. The summed E-state index contributed by atoms with van der Waals surface area (Å²) in [6.45, 7) is 8.00. The van der Waals surface area contributed by atoms with Crippen LogP contribution in [0.5, 0.6) is 0 Å². The van der Waals surface area contributed by atoms with Gasteiger partial charge in [-0.1, -0.05) is 64.1 Å². The molecule has 2 aromatic carbocycles. The highest BCUT2D eigenvalue weighted by molar-refractivity contribution is 6.57. The highest BCUT2D eigenvalue weighted by Gasteiger charge is 2.16. The molecule has 0 unspecified atom stereocenters. The minimum absolute atomic E-state index is 0.177. The quantitative estimate of drug-likeness (QED) is 0.497. The van der Waals surface area contributed by atoms with Crippen LogP contribution in [-0.2, 0) is 0 Å². The number of benzene rings is 2. The third kappa shape index (κ3) is 5.82. The van der Waals surface area contributed by atoms with Crippen molar-refractivity contribution >= 4 is 34.7 Å². The topological polar surface area (TPSA) is 66.7 Å². The molecule has 0 fully saturated rings.